The predicted octanol–water partition coefficient (Wildman–Crippen LogP) is 10.1. The molecule has 0 bridgehead atoms. The number of aryl methyl sites for hydroxylation is 1. The zero-order chi connectivity index (χ0) is 34.7. The fourth-order valence-corrected chi connectivity index (χ4v) is 7.00. The first-order valence-electron chi connectivity index (χ1n) is 18.7. The van der Waals surface area contributed by atoms with Crippen LogP contribution >= 0.6 is 23.2 Å². The normalized spacial score (nSPS) is 15.0. The van der Waals surface area contributed by atoms with Crippen LogP contribution in [0.1, 0.15) is 109 Å². The van der Waals surface area contributed by atoms with Crippen molar-refractivity contribution in [2.75, 3.05) is 62.5 Å². The van der Waals surface area contributed by atoms with Gasteiger partial charge in [0.2, 0.25) is 5.91 Å². The Bertz CT molecular complexity index is 1290. The van der Waals surface area contributed by atoms with E-state index in [0.29, 0.717) is 41.9 Å². The van der Waals surface area contributed by atoms with Gasteiger partial charge in [0.25, 0.3) is 0 Å². The average molecular weight is 719 g/mol. The van der Waals surface area contributed by atoms with Crippen LogP contribution in [0.2, 0.25) is 10.0 Å². The molecule has 2 aliphatic rings. The number of piperazine rings is 1. The first-order chi connectivity index (χ1) is 24.0. The van der Waals surface area contributed by atoms with Crippen molar-refractivity contribution in [2.24, 2.45) is 0 Å². The number of hydrogen-bond donors (Lipinski definition) is 0. The fourth-order valence-electron chi connectivity index (χ4n) is 6.58. The third-order valence-electron chi connectivity index (χ3n) is 9.57. The smallest absolute Gasteiger partial charge is 0.494 e. The molecule has 1 saturated heterocycles. The molecule has 2 heterocycles. The molecule has 8 nitrogen and oxygen atoms in total. The Hall–Kier alpha value is -2.68. The highest BCUT2D eigenvalue weighted by Gasteiger charge is 2.26. The van der Waals surface area contributed by atoms with Crippen LogP contribution in [0.25, 0.3) is 0 Å². The summed E-state index contributed by atoms with van der Waals surface area (Å²) >= 11 is 12.6. The molecule has 10 heteroatoms. The zero-order valence-electron chi connectivity index (χ0n) is 29.6. The molecule has 0 spiro atoms. The number of rotatable bonds is 22. The second-order valence-corrected chi connectivity index (χ2v) is 14.1. The average Bonchev–Trinajstić information content (AvgIpc) is 3.11. The lowest BCUT2D eigenvalue weighted by Gasteiger charge is -2.36. The summed E-state index contributed by atoms with van der Waals surface area (Å²) in [5, 5.41) is 1.22. The second kappa shape index (κ2) is 22.2. The molecule has 0 radical (unpaired) electrons. The van der Waals surface area contributed by atoms with E-state index in [1.54, 1.807) is 0 Å². The van der Waals surface area contributed by atoms with E-state index in [2.05, 4.69) is 16.7 Å². The van der Waals surface area contributed by atoms with Gasteiger partial charge in [0.15, 0.2) is 6.73 Å². The van der Waals surface area contributed by atoms with E-state index in [-0.39, 0.29) is 12.6 Å². The van der Waals surface area contributed by atoms with E-state index in [4.69, 9.17) is 37.4 Å². The molecule has 0 aromatic heterocycles. The Morgan fingerprint density at radius 1 is 0.735 bits per heavy atom. The van der Waals surface area contributed by atoms with E-state index in [0.717, 1.165) is 81.8 Å². The molecule has 1 fully saturated rings. The summed E-state index contributed by atoms with van der Waals surface area (Å²) < 4.78 is 16.7. The summed E-state index contributed by atoms with van der Waals surface area (Å²) in [4.78, 5) is 31.3. The summed E-state index contributed by atoms with van der Waals surface area (Å²) in [6.45, 7) is 7.83. The van der Waals surface area contributed by atoms with Gasteiger partial charge in [-0.2, -0.15) is 0 Å². The SMILES string of the molecule is CCCCCCCCCCCCCCOC(=O)OCN1C(=O)CCc2ccc(OCCCCN3CCN(c4cccc(Cl)c4Cl)CC3)cc21. The molecule has 0 atom stereocenters. The van der Waals surface area contributed by atoms with Crippen LogP contribution in [0.4, 0.5) is 16.2 Å². The highest BCUT2D eigenvalue weighted by molar-refractivity contribution is 6.43. The number of carbonyl (C=O) groups is 2. The minimum absolute atomic E-state index is 0.0730. The minimum Gasteiger partial charge on any atom is -0.494 e. The van der Waals surface area contributed by atoms with E-state index in [1.807, 2.05) is 36.4 Å². The number of benzene rings is 2. The molecule has 2 aromatic rings. The fraction of sp³-hybridized carbons (Fsp3) is 0.641. The largest absolute Gasteiger partial charge is 0.510 e. The number of carbonyl (C=O) groups excluding carboxylic acids is 2. The van der Waals surface area contributed by atoms with Gasteiger partial charge in [0.1, 0.15) is 5.75 Å². The third-order valence-corrected chi connectivity index (χ3v) is 10.4. The van der Waals surface area contributed by atoms with Gasteiger partial charge >= 0.3 is 6.16 Å². The van der Waals surface area contributed by atoms with Crippen LogP contribution in [-0.4, -0.2) is 69.6 Å². The molecule has 2 aromatic carbocycles. The maximum absolute atomic E-state index is 12.8. The summed E-state index contributed by atoms with van der Waals surface area (Å²) in [6, 6.07) is 11.6. The Morgan fingerprint density at radius 2 is 1.41 bits per heavy atom. The van der Waals surface area contributed by atoms with Gasteiger partial charge in [-0.25, -0.2) is 4.79 Å². The van der Waals surface area contributed by atoms with Crippen molar-refractivity contribution in [1.82, 2.24) is 4.90 Å². The standard InChI is InChI=1S/C39H57Cl2N3O5/c1-2-3-4-5-6-7-8-9-10-11-12-14-29-48-39(46)49-31-44-36-30-33(21-19-32(36)20-22-37(44)45)47-28-15-13-23-42-24-26-43(27-25-42)35-18-16-17-34(40)38(35)41/h16-19,21,30H,2-15,20,22-29,31H2,1H3. The number of unbranched alkanes of at least 4 members (excludes halogenated alkanes) is 12. The van der Waals surface area contributed by atoms with Crippen LogP contribution in [0.15, 0.2) is 36.4 Å². The first-order valence-corrected chi connectivity index (χ1v) is 19.5. The highest BCUT2D eigenvalue weighted by Crippen LogP contribution is 2.33. The van der Waals surface area contributed by atoms with Crippen LogP contribution < -0.4 is 14.5 Å². The van der Waals surface area contributed by atoms with Gasteiger partial charge in [-0.3, -0.25) is 14.6 Å². The van der Waals surface area contributed by atoms with Crippen molar-refractivity contribution in [3.05, 3.63) is 52.0 Å². The number of anilines is 2. The molecule has 4 rings (SSSR count). The number of nitrogens with zero attached hydrogens (tertiary/aromatic N) is 3. The lowest BCUT2D eigenvalue weighted by molar-refractivity contribution is -0.119. The van der Waals surface area contributed by atoms with E-state index in [9.17, 15) is 9.59 Å². The second-order valence-electron chi connectivity index (χ2n) is 13.3. The third kappa shape index (κ3) is 13.5. The summed E-state index contributed by atoms with van der Waals surface area (Å²) in [5.74, 6) is 0.635. The van der Waals surface area contributed by atoms with Crippen molar-refractivity contribution in [2.45, 2.75) is 110 Å². The maximum Gasteiger partial charge on any atom is 0.510 e. The van der Waals surface area contributed by atoms with Crippen molar-refractivity contribution in [1.29, 1.82) is 0 Å². The topological polar surface area (TPSA) is 71.5 Å². The minimum atomic E-state index is -0.731. The first kappa shape index (κ1) is 39.1. The molecular formula is C39H57Cl2N3O5. The molecule has 0 aliphatic carbocycles. The molecule has 0 unspecified atom stereocenters. The quantitative estimate of drug-likeness (QED) is 0.0887. The maximum atomic E-state index is 12.8. The Kier molecular flexibility index (Phi) is 17.7. The van der Waals surface area contributed by atoms with E-state index >= 15 is 0 Å². The molecule has 272 valence electrons. The van der Waals surface area contributed by atoms with E-state index < -0.39 is 6.16 Å². The summed E-state index contributed by atoms with van der Waals surface area (Å²) in [5.41, 5.74) is 2.78. The number of ether oxygens (including phenoxy) is 3. The van der Waals surface area contributed by atoms with Crippen LogP contribution in [-0.2, 0) is 20.7 Å². The molecule has 49 heavy (non-hydrogen) atoms. The summed E-state index contributed by atoms with van der Waals surface area (Å²) in [7, 11) is 0. The van der Waals surface area contributed by atoms with Crippen molar-refractivity contribution in [3.8, 4) is 5.75 Å². The van der Waals surface area contributed by atoms with Gasteiger partial charge in [-0.05, 0) is 56.0 Å². The van der Waals surface area contributed by atoms with Crippen LogP contribution in [0, 0.1) is 0 Å². The van der Waals surface area contributed by atoms with Gasteiger partial charge in [0, 0.05) is 38.7 Å². The number of amides is 1. The van der Waals surface area contributed by atoms with Crippen LogP contribution in [0.3, 0.4) is 0 Å². The number of fused-ring (bicyclic) bond motifs is 1. The molecular weight excluding hydrogens is 661 g/mol. The monoisotopic (exact) mass is 717 g/mol. The van der Waals surface area contributed by atoms with Crippen molar-refractivity contribution in [3.63, 3.8) is 0 Å². The number of hydrogen-bond acceptors (Lipinski definition) is 7. The molecule has 0 N–H and O–H groups in total. The highest BCUT2D eigenvalue weighted by atomic mass is 35.5. The van der Waals surface area contributed by atoms with Gasteiger partial charge in [-0.15, -0.1) is 0 Å². The van der Waals surface area contributed by atoms with Gasteiger partial charge < -0.3 is 19.1 Å². The lowest BCUT2D eigenvalue weighted by Crippen LogP contribution is -2.46. The lowest BCUT2D eigenvalue weighted by atomic mass is 10.0. The zero-order valence-corrected chi connectivity index (χ0v) is 31.1. The Morgan fingerprint density at radius 3 is 2.12 bits per heavy atom. The number of halogens is 2. The predicted molar refractivity (Wildman–Crippen MR) is 200 cm³/mol. The van der Waals surface area contributed by atoms with Gasteiger partial charge in [0.05, 0.1) is 34.6 Å². The Balaban J connectivity index is 1.07. The molecule has 1 amide bonds. The Labute approximate surface area is 304 Å². The van der Waals surface area contributed by atoms with Crippen molar-refractivity contribution < 1.29 is 23.8 Å². The summed E-state index contributed by atoms with van der Waals surface area (Å²) in [6.07, 6.45) is 17.3. The van der Waals surface area contributed by atoms with Gasteiger partial charge in [-0.1, -0.05) is 113 Å². The van der Waals surface area contributed by atoms with E-state index in [1.165, 1.54) is 62.7 Å². The molecule has 2 aliphatic heterocycles. The molecule has 0 saturated carbocycles. The van der Waals surface area contributed by atoms with Crippen LogP contribution in [0.5, 0.6) is 5.75 Å². The van der Waals surface area contributed by atoms with Crippen molar-refractivity contribution >= 4 is 46.6 Å².